The fourth-order valence-corrected chi connectivity index (χ4v) is 14.2. The van der Waals surface area contributed by atoms with Crippen LogP contribution in [-0.2, 0) is 25.7 Å². The molecule has 0 amide bonds. The highest BCUT2D eigenvalue weighted by molar-refractivity contribution is 6.12. The Bertz CT molecular complexity index is 4540. The molecule has 4 aromatic heterocycles. The number of para-hydroxylation sites is 8. The Kier molecular flexibility index (Phi) is 11.8. The van der Waals surface area contributed by atoms with Crippen LogP contribution in [0.5, 0.6) is 0 Å². The van der Waals surface area contributed by atoms with Gasteiger partial charge in [0, 0.05) is 65.8 Å². The Morgan fingerprint density at radius 3 is 0.477 bits per heavy atom. The van der Waals surface area contributed by atoms with Crippen LogP contribution in [0, 0.1) is 0 Å². The van der Waals surface area contributed by atoms with Gasteiger partial charge in [-0.15, -0.1) is 0 Å². The van der Waals surface area contributed by atoms with Crippen molar-refractivity contribution in [3.8, 4) is 22.7 Å². The van der Waals surface area contributed by atoms with Crippen molar-refractivity contribution >= 4 is 87.2 Å². The Hall–Kier alpha value is -10.9. The summed E-state index contributed by atoms with van der Waals surface area (Å²) in [6.07, 6.45) is 3.21. The van der Waals surface area contributed by atoms with Gasteiger partial charge in [0.25, 0.3) is 0 Å². The molecule has 406 valence electrons. The lowest BCUT2D eigenvalue weighted by Crippen LogP contribution is -2.06. The van der Waals surface area contributed by atoms with Gasteiger partial charge in [-0.05, 0) is 167 Å². The summed E-state index contributed by atoms with van der Waals surface area (Å²) < 4.78 is 9.66. The second kappa shape index (κ2) is 20.4. The van der Waals surface area contributed by atoms with E-state index in [0.717, 1.165) is 25.7 Å². The van der Waals surface area contributed by atoms with E-state index < -0.39 is 0 Å². The van der Waals surface area contributed by atoms with Crippen molar-refractivity contribution in [1.82, 2.24) is 18.3 Å². The van der Waals surface area contributed by atoms with Gasteiger partial charge in [0.15, 0.2) is 0 Å². The van der Waals surface area contributed by atoms with Crippen molar-refractivity contribution in [2.75, 3.05) is 0 Å². The van der Waals surface area contributed by atoms with Gasteiger partial charge in [-0.2, -0.15) is 0 Å². The zero-order valence-electron chi connectivity index (χ0n) is 47.5. The lowest BCUT2D eigenvalue weighted by Gasteiger charge is -2.19. The van der Waals surface area contributed by atoms with Crippen LogP contribution in [0.25, 0.3) is 110 Å². The first kappa shape index (κ1) is 49.7. The third kappa shape index (κ3) is 8.36. The molecular formula is C82H58N4. The van der Waals surface area contributed by atoms with Gasteiger partial charge >= 0.3 is 0 Å². The summed E-state index contributed by atoms with van der Waals surface area (Å²) in [5.74, 6) is 0. The summed E-state index contributed by atoms with van der Waals surface area (Å²) in [5.41, 5.74) is 25.0. The molecule has 0 aliphatic heterocycles. The number of nitrogens with zero attached hydrogens (tertiary/aromatic N) is 4. The Balaban J connectivity index is 0.782. The van der Waals surface area contributed by atoms with Crippen molar-refractivity contribution in [1.29, 1.82) is 0 Å². The van der Waals surface area contributed by atoms with Gasteiger partial charge in [-0.25, -0.2) is 0 Å². The van der Waals surface area contributed by atoms with Crippen molar-refractivity contribution < 1.29 is 0 Å². The standard InChI is InChI=1S/C82H58N4/c1-9-25-75-67(17-1)68-18-2-10-26-76(68)83(75)63-41-33-55(34-42-63)49-59-53-61(51-57-37-45-65(46-38-57)85-79-29-13-5-21-71(79)72-22-6-14-30-80(72)85)62(52-58-39-47-66(48-40-58)86-81-31-15-7-23-73(81)74-24-8-16-32-82(74)86)54-60(59)50-56-35-43-64(44-36-56)84-77-27-11-3-19-69(77)70-20-4-12-28-78(70)84/h1-48,53-54H,49-52H2. The van der Waals surface area contributed by atoms with Crippen molar-refractivity contribution in [2.24, 2.45) is 0 Å². The van der Waals surface area contributed by atoms with Gasteiger partial charge < -0.3 is 18.3 Å². The number of benzene rings is 13. The van der Waals surface area contributed by atoms with Crippen LogP contribution in [0.2, 0.25) is 0 Å². The zero-order valence-corrected chi connectivity index (χ0v) is 47.5. The first-order valence-corrected chi connectivity index (χ1v) is 30.1. The van der Waals surface area contributed by atoms with E-state index in [0.29, 0.717) is 0 Å². The number of fused-ring (bicyclic) bond motifs is 12. The first-order valence-electron chi connectivity index (χ1n) is 30.1. The van der Waals surface area contributed by atoms with E-state index in [1.807, 2.05) is 0 Å². The fraction of sp³-hybridized carbons (Fsp3) is 0.0488. The van der Waals surface area contributed by atoms with E-state index in [-0.39, 0.29) is 0 Å². The molecule has 0 radical (unpaired) electrons. The highest BCUT2D eigenvalue weighted by Gasteiger charge is 2.19. The first-order chi connectivity index (χ1) is 42.6. The van der Waals surface area contributed by atoms with Gasteiger partial charge in [0.2, 0.25) is 0 Å². The molecule has 0 bridgehead atoms. The fourth-order valence-electron chi connectivity index (χ4n) is 14.2. The molecule has 0 unspecified atom stereocenters. The SMILES string of the molecule is c1ccc2c(c1)c1ccccc1n2-c1ccc(Cc2cc(Cc3ccc(-n4c5ccccc5c5ccccc54)cc3)c(Cc3ccc(-n4c5ccccc5c5ccccc54)cc3)cc2Cc2ccc(-n3c4ccccc4c4ccccc43)cc2)cc1. The van der Waals surface area contributed by atoms with E-state index in [4.69, 9.17) is 0 Å². The van der Waals surface area contributed by atoms with Gasteiger partial charge in [-0.3, -0.25) is 0 Å². The van der Waals surface area contributed by atoms with E-state index in [1.54, 1.807) is 0 Å². The molecule has 13 aromatic carbocycles. The molecule has 4 heteroatoms. The molecule has 17 rings (SSSR count). The summed E-state index contributed by atoms with van der Waals surface area (Å²) in [7, 11) is 0. The van der Waals surface area contributed by atoms with E-state index in [2.05, 4.69) is 322 Å². The lowest BCUT2D eigenvalue weighted by atomic mass is 9.87. The molecule has 0 aliphatic rings. The quantitative estimate of drug-likeness (QED) is 0.116. The minimum Gasteiger partial charge on any atom is -0.309 e. The van der Waals surface area contributed by atoms with Crippen LogP contribution in [0.15, 0.2) is 303 Å². The molecule has 86 heavy (non-hydrogen) atoms. The van der Waals surface area contributed by atoms with E-state index >= 15 is 0 Å². The molecule has 0 spiro atoms. The second-order valence-corrected chi connectivity index (χ2v) is 23.2. The molecule has 0 aliphatic carbocycles. The Labute approximate surface area is 498 Å². The molecule has 0 fully saturated rings. The summed E-state index contributed by atoms with van der Waals surface area (Å²) in [5, 5.41) is 10.2. The minimum absolute atomic E-state index is 0.801. The van der Waals surface area contributed by atoms with Crippen LogP contribution in [0.1, 0.15) is 44.5 Å². The Morgan fingerprint density at radius 2 is 0.314 bits per heavy atom. The van der Waals surface area contributed by atoms with Crippen LogP contribution >= 0.6 is 0 Å². The van der Waals surface area contributed by atoms with Crippen LogP contribution < -0.4 is 0 Å². The molecule has 0 N–H and O–H groups in total. The average Bonchev–Trinajstić information content (AvgIpc) is 3.27. The summed E-state index contributed by atoms with van der Waals surface area (Å²) >= 11 is 0. The third-order valence-electron chi connectivity index (χ3n) is 18.2. The summed E-state index contributed by atoms with van der Waals surface area (Å²) in [6, 6.07) is 113. The van der Waals surface area contributed by atoms with Crippen LogP contribution in [0.3, 0.4) is 0 Å². The third-order valence-corrected chi connectivity index (χ3v) is 18.2. The maximum Gasteiger partial charge on any atom is 0.0541 e. The highest BCUT2D eigenvalue weighted by Crippen LogP contribution is 2.38. The molecule has 0 atom stereocenters. The van der Waals surface area contributed by atoms with E-state index in [1.165, 1.54) is 154 Å². The molecule has 17 aromatic rings. The lowest BCUT2D eigenvalue weighted by molar-refractivity contribution is 1.02. The number of aromatic nitrogens is 4. The van der Waals surface area contributed by atoms with Gasteiger partial charge in [0.1, 0.15) is 0 Å². The topological polar surface area (TPSA) is 19.7 Å². The number of hydrogen-bond acceptors (Lipinski definition) is 0. The number of hydrogen-bond donors (Lipinski definition) is 0. The number of rotatable bonds is 12. The van der Waals surface area contributed by atoms with Crippen LogP contribution in [-0.4, -0.2) is 18.3 Å². The molecular weight excluding hydrogens is 1040 g/mol. The molecule has 4 nitrogen and oxygen atoms in total. The zero-order chi connectivity index (χ0) is 56.7. The predicted octanol–water partition coefficient (Wildman–Crippen LogP) is 20.4. The minimum atomic E-state index is 0.801. The molecule has 4 heterocycles. The van der Waals surface area contributed by atoms with Crippen molar-refractivity contribution in [2.45, 2.75) is 25.7 Å². The molecule has 0 saturated carbocycles. The van der Waals surface area contributed by atoms with E-state index in [9.17, 15) is 0 Å². The summed E-state index contributed by atoms with van der Waals surface area (Å²) in [4.78, 5) is 0. The van der Waals surface area contributed by atoms with Crippen LogP contribution in [0.4, 0.5) is 0 Å². The van der Waals surface area contributed by atoms with Crippen molar-refractivity contribution in [3.05, 3.63) is 348 Å². The monoisotopic (exact) mass is 1100 g/mol. The largest absolute Gasteiger partial charge is 0.309 e. The predicted molar refractivity (Wildman–Crippen MR) is 361 cm³/mol. The Morgan fingerprint density at radius 1 is 0.163 bits per heavy atom. The van der Waals surface area contributed by atoms with Crippen molar-refractivity contribution in [3.63, 3.8) is 0 Å². The maximum atomic E-state index is 2.56. The maximum absolute atomic E-state index is 2.56. The smallest absolute Gasteiger partial charge is 0.0541 e. The summed E-state index contributed by atoms with van der Waals surface area (Å²) in [6.45, 7) is 0. The van der Waals surface area contributed by atoms with Gasteiger partial charge in [0.05, 0.1) is 44.1 Å². The molecule has 0 saturated heterocycles. The second-order valence-electron chi connectivity index (χ2n) is 23.2. The average molecular weight is 1100 g/mol. The normalized spacial score (nSPS) is 11.9. The highest BCUT2D eigenvalue weighted by atomic mass is 15.0. The van der Waals surface area contributed by atoms with Gasteiger partial charge in [-0.1, -0.05) is 206 Å².